The molecule has 174 valence electrons. The van der Waals surface area contributed by atoms with Crippen LogP contribution in [0.3, 0.4) is 0 Å². The number of benzene rings is 2. The molecule has 0 saturated heterocycles. The van der Waals surface area contributed by atoms with E-state index >= 15 is 0 Å². The number of anilines is 3. The SMILES string of the molecule is CCN(CC)c1ccc(/C=N/Nc2nnc(SCC(=O)Nc3ccc(Cl)cc3Cl)n2N)cc1. The molecule has 33 heavy (non-hydrogen) atoms. The van der Waals surface area contributed by atoms with Gasteiger partial charge in [-0.25, -0.2) is 10.1 Å². The highest BCUT2D eigenvalue weighted by molar-refractivity contribution is 7.99. The number of hydrogen-bond acceptors (Lipinski definition) is 8. The fraction of sp³-hybridized carbons (Fsp3) is 0.238. The Labute approximate surface area is 206 Å². The Morgan fingerprint density at radius 3 is 2.58 bits per heavy atom. The van der Waals surface area contributed by atoms with Crippen LogP contribution in [0.5, 0.6) is 0 Å². The second kappa shape index (κ2) is 11.8. The zero-order valence-corrected chi connectivity index (χ0v) is 20.5. The fourth-order valence-electron chi connectivity index (χ4n) is 2.88. The molecule has 9 nitrogen and oxygen atoms in total. The topological polar surface area (TPSA) is 113 Å². The molecule has 1 amide bonds. The van der Waals surface area contributed by atoms with Gasteiger partial charge in [0.25, 0.3) is 5.95 Å². The van der Waals surface area contributed by atoms with E-state index in [4.69, 9.17) is 29.0 Å². The summed E-state index contributed by atoms with van der Waals surface area (Å²) < 4.78 is 1.23. The molecule has 3 aromatic rings. The number of hydrazone groups is 1. The van der Waals surface area contributed by atoms with Crippen molar-refractivity contribution in [2.45, 2.75) is 19.0 Å². The van der Waals surface area contributed by atoms with Crippen LogP contribution in [-0.2, 0) is 4.79 Å². The lowest BCUT2D eigenvalue weighted by molar-refractivity contribution is -0.113. The molecule has 3 rings (SSSR count). The van der Waals surface area contributed by atoms with Crippen LogP contribution in [-0.4, -0.2) is 45.8 Å². The van der Waals surface area contributed by atoms with E-state index in [-0.39, 0.29) is 17.6 Å². The van der Waals surface area contributed by atoms with Gasteiger partial charge >= 0.3 is 0 Å². The highest BCUT2D eigenvalue weighted by Crippen LogP contribution is 2.26. The van der Waals surface area contributed by atoms with Crippen LogP contribution >= 0.6 is 35.0 Å². The summed E-state index contributed by atoms with van der Waals surface area (Å²) in [6.45, 7) is 6.16. The number of rotatable bonds is 10. The molecule has 0 aliphatic carbocycles. The van der Waals surface area contributed by atoms with Crippen molar-refractivity contribution in [1.82, 2.24) is 14.9 Å². The van der Waals surface area contributed by atoms with Gasteiger partial charge in [-0.15, -0.1) is 10.2 Å². The van der Waals surface area contributed by atoms with E-state index in [1.807, 2.05) is 12.1 Å². The molecule has 2 aromatic carbocycles. The first-order valence-corrected chi connectivity index (χ1v) is 11.9. The highest BCUT2D eigenvalue weighted by atomic mass is 35.5. The maximum atomic E-state index is 12.2. The van der Waals surface area contributed by atoms with Crippen LogP contribution in [0.1, 0.15) is 19.4 Å². The lowest BCUT2D eigenvalue weighted by Crippen LogP contribution is -2.21. The number of carbonyl (C=O) groups excluding carboxylic acids is 1. The van der Waals surface area contributed by atoms with E-state index in [2.05, 4.69) is 56.9 Å². The van der Waals surface area contributed by atoms with Crippen molar-refractivity contribution in [1.29, 1.82) is 0 Å². The number of halogens is 2. The summed E-state index contributed by atoms with van der Waals surface area (Å²) in [6, 6.07) is 12.9. The van der Waals surface area contributed by atoms with E-state index in [9.17, 15) is 4.79 Å². The number of aromatic nitrogens is 3. The first-order chi connectivity index (χ1) is 15.9. The molecule has 0 saturated carbocycles. The standard InChI is InChI=1S/C21H24Cl2N8OS/c1-3-30(4-2)16-8-5-14(6-9-16)12-25-27-20-28-29-21(31(20)24)33-13-19(32)26-18-10-7-15(22)11-17(18)23/h5-12H,3-4,13,24H2,1-2H3,(H,26,32)(H,27,28)/b25-12+. The van der Waals surface area contributed by atoms with Crippen molar-refractivity contribution in [2.75, 3.05) is 40.3 Å². The van der Waals surface area contributed by atoms with Gasteiger partial charge in [-0.2, -0.15) is 5.10 Å². The Morgan fingerprint density at radius 2 is 1.91 bits per heavy atom. The van der Waals surface area contributed by atoms with E-state index in [1.54, 1.807) is 24.4 Å². The number of carbonyl (C=O) groups is 1. The van der Waals surface area contributed by atoms with Gasteiger partial charge in [0.1, 0.15) is 0 Å². The zero-order valence-electron chi connectivity index (χ0n) is 18.1. The molecule has 0 aliphatic heterocycles. The quantitative estimate of drug-likeness (QED) is 0.162. The summed E-state index contributed by atoms with van der Waals surface area (Å²) in [6.07, 6.45) is 1.66. The molecule has 0 aliphatic rings. The lowest BCUT2D eigenvalue weighted by Gasteiger charge is -2.20. The van der Waals surface area contributed by atoms with Crippen molar-refractivity contribution >= 4 is 64.4 Å². The number of nitrogens with one attached hydrogen (secondary N) is 2. The number of nitrogens with two attached hydrogens (primary N) is 1. The Bertz CT molecular complexity index is 1120. The maximum Gasteiger partial charge on any atom is 0.264 e. The average molecular weight is 507 g/mol. The summed E-state index contributed by atoms with van der Waals surface area (Å²) >= 11 is 13.1. The maximum absolute atomic E-state index is 12.2. The first-order valence-electron chi connectivity index (χ1n) is 10.1. The van der Waals surface area contributed by atoms with Crippen LogP contribution < -0.4 is 21.5 Å². The zero-order chi connectivity index (χ0) is 23.8. The van der Waals surface area contributed by atoms with Gasteiger partial charge in [-0.3, -0.25) is 4.79 Å². The molecule has 0 spiro atoms. The van der Waals surface area contributed by atoms with Gasteiger partial charge in [0, 0.05) is 23.8 Å². The number of nitrogens with zero attached hydrogens (tertiary/aromatic N) is 5. The van der Waals surface area contributed by atoms with E-state index in [0.29, 0.717) is 20.9 Å². The molecule has 0 bridgehead atoms. The normalized spacial score (nSPS) is 11.0. The largest absolute Gasteiger partial charge is 0.372 e. The van der Waals surface area contributed by atoms with Crippen LogP contribution in [0.25, 0.3) is 0 Å². The second-order valence-electron chi connectivity index (χ2n) is 6.77. The first kappa shape index (κ1) is 24.7. The van der Waals surface area contributed by atoms with Crippen molar-refractivity contribution in [3.05, 3.63) is 58.1 Å². The van der Waals surface area contributed by atoms with Crippen molar-refractivity contribution in [3.8, 4) is 0 Å². The number of hydrogen-bond donors (Lipinski definition) is 3. The summed E-state index contributed by atoms with van der Waals surface area (Å²) in [7, 11) is 0. The average Bonchev–Trinajstić information content (AvgIpc) is 3.15. The smallest absolute Gasteiger partial charge is 0.264 e. The third-order valence-corrected chi connectivity index (χ3v) is 6.09. The monoisotopic (exact) mass is 506 g/mol. The highest BCUT2D eigenvalue weighted by Gasteiger charge is 2.13. The van der Waals surface area contributed by atoms with Gasteiger partial charge in [0.05, 0.1) is 22.7 Å². The minimum absolute atomic E-state index is 0.0659. The van der Waals surface area contributed by atoms with Crippen molar-refractivity contribution in [2.24, 2.45) is 5.10 Å². The van der Waals surface area contributed by atoms with Gasteiger partial charge < -0.3 is 16.1 Å². The molecule has 4 N–H and O–H groups in total. The summed E-state index contributed by atoms with van der Waals surface area (Å²) in [4.78, 5) is 14.5. The van der Waals surface area contributed by atoms with Gasteiger partial charge in [-0.05, 0) is 49.7 Å². The molecule has 12 heteroatoms. The Hall–Kier alpha value is -2.95. The molecule has 0 atom stereocenters. The molecule has 0 fully saturated rings. The van der Waals surface area contributed by atoms with Gasteiger partial charge in [-0.1, -0.05) is 47.1 Å². The van der Waals surface area contributed by atoms with Crippen molar-refractivity contribution < 1.29 is 4.79 Å². The molecule has 0 unspecified atom stereocenters. The third-order valence-electron chi connectivity index (χ3n) is 4.60. The van der Waals surface area contributed by atoms with Crippen LogP contribution in [0.15, 0.2) is 52.7 Å². The van der Waals surface area contributed by atoms with Crippen LogP contribution in [0.2, 0.25) is 10.0 Å². The summed E-state index contributed by atoms with van der Waals surface area (Å²) in [5, 5.41) is 16.0. The second-order valence-corrected chi connectivity index (χ2v) is 8.56. The molecule has 1 aromatic heterocycles. The number of nitrogen functional groups attached to an aromatic ring is 1. The molecular formula is C21H24Cl2N8OS. The number of amides is 1. The Morgan fingerprint density at radius 1 is 1.18 bits per heavy atom. The molecule has 1 heterocycles. The summed E-state index contributed by atoms with van der Waals surface area (Å²) in [5.41, 5.74) is 5.32. The predicted molar refractivity (Wildman–Crippen MR) is 137 cm³/mol. The Balaban J connectivity index is 1.52. The molecule has 0 radical (unpaired) electrons. The minimum Gasteiger partial charge on any atom is -0.372 e. The minimum atomic E-state index is -0.270. The fourth-order valence-corrected chi connectivity index (χ4v) is 4.00. The van der Waals surface area contributed by atoms with Crippen molar-refractivity contribution in [3.63, 3.8) is 0 Å². The molecular weight excluding hydrogens is 483 g/mol. The number of thioether (sulfide) groups is 1. The van der Waals surface area contributed by atoms with E-state index in [1.165, 1.54) is 4.68 Å². The van der Waals surface area contributed by atoms with Crippen LogP contribution in [0.4, 0.5) is 17.3 Å². The Kier molecular flexibility index (Phi) is 8.81. The van der Waals surface area contributed by atoms with Gasteiger partial charge in [0.15, 0.2) is 0 Å². The van der Waals surface area contributed by atoms with E-state index < -0.39 is 0 Å². The van der Waals surface area contributed by atoms with E-state index in [0.717, 1.165) is 36.1 Å². The van der Waals surface area contributed by atoms with Crippen LogP contribution in [0, 0.1) is 0 Å². The third kappa shape index (κ3) is 6.77. The predicted octanol–water partition coefficient (Wildman–Crippen LogP) is 4.32. The van der Waals surface area contributed by atoms with Gasteiger partial charge in [0.2, 0.25) is 11.1 Å². The lowest BCUT2D eigenvalue weighted by atomic mass is 10.2. The summed E-state index contributed by atoms with van der Waals surface area (Å²) in [5.74, 6) is 6.05.